The highest BCUT2D eigenvalue weighted by atomic mass is 79.9. The van der Waals surface area contributed by atoms with Crippen molar-refractivity contribution in [1.82, 2.24) is 5.32 Å². The molecule has 2 heterocycles. The molecule has 0 aliphatic carbocycles. The monoisotopic (exact) mass is 427 g/mol. The number of hydrogen-bond donors (Lipinski definition) is 2. The molecule has 0 radical (unpaired) electrons. The van der Waals surface area contributed by atoms with Crippen molar-refractivity contribution < 1.29 is 9.59 Å². The second-order valence-corrected chi connectivity index (χ2v) is 8.13. The zero-order chi connectivity index (χ0) is 18.8. The smallest absolute Gasteiger partial charge is 0.228 e. The highest BCUT2D eigenvalue weighted by molar-refractivity contribution is 9.10. The molecule has 4 rings (SSSR count). The Hall–Kier alpha value is -2.34. The number of nitrogens with one attached hydrogen (secondary N) is 2. The summed E-state index contributed by atoms with van der Waals surface area (Å²) in [6.45, 7) is 2.56. The van der Waals surface area contributed by atoms with Crippen LogP contribution in [0.4, 0.5) is 11.4 Å². The molecular formula is C21H22BrN3O2. The zero-order valence-electron chi connectivity index (χ0n) is 15.0. The molecule has 0 spiro atoms. The van der Waals surface area contributed by atoms with E-state index in [0.717, 1.165) is 35.2 Å². The first-order valence-electron chi connectivity index (χ1n) is 9.27. The number of hydrogen-bond acceptors (Lipinski definition) is 3. The lowest BCUT2D eigenvalue weighted by Crippen LogP contribution is -2.37. The van der Waals surface area contributed by atoms with E-state index in [-0.39, 0.29) is 18.2 Å². The number of para-hydroxylation sites is 1. The van der Waals surface area contributed by atoms with Gasteiger partial charge in [0.15, 0.2) is 0 Å². The van der Waals surface area contributed by atoms with Gasteiger partial charge in [0.1, 0.15) is 0 Å². The summed E-state index contributed by atoms with van der Waals surface area (Å²) in [5, 5.41) is 5.93. The van der Waals surface area contributed by atoms with Crippen molar-refractivity contribution in [3.63, 3.8) is 0 Å². The number of anilines is 2. The first-order valence-corrected chi connectivity index (χ1v) is 10.1. The average molecular weight is 428 g/mol. The molecule has 140 valence electrons. The van der Waals surface area contributed by atoms with Crippen molar-refractivity contribution in [2.24, 2.45) is 5.92 Å². The van der Waals surface area contributed by atoms with Gasteiger partial charge in [0.2, 0.25) is 11.8 Å². The molecule has 0 bridgehead atoms. The van der Waals surface area contributed by atoms with Crippen molar-refractivity contribution in [2.45, 2.75) is 18.8 Å². The molecule has 2 amide bonds. The summed E-state index contributed by atoms with van der Waals surface area (Å²) >= 11 is 3.52. The quantitative estimate of drug-likeness (QED) is 0.784. The molecule has 2 aliphatic rings. The van der Waals surface area contributed by atoms with Crippen LogP contribution >= 0.6 is 15.9 Å². The first-order chi connectivity index (χ1) is 13.1. The molecule has 1 fully saturated rings. The maximum atomic E-state index is 12.7. The molecule has 2 aromatic carbocycles. The third kappa shape index (κ3) is 4.00. The summed E-state index contributed by atoms with van der Waals surface area (Å²) < 4.78 is 1.07. The Morgan fingerprint density at radius 2 is 2.07 bits per heavy atom. The van der Waals surface area contributed by atoms with Crippen LogP contribution in [0, 0.1) is 5.92 Å². The second-order valence-electron chi connectivity index (χ2n) is 7.22. The van der Waals surface area contributed by atoms with Gasteiger partial charge < -0.3 is 15.5 Å². The largest absolute Gasteiger partial charge is 0.371 e. The van der Waals surface area contributed by atoms with Crippen molar-refractivity contribution in [1.29, 1.82) is 0 Å². The lowest BCUT2D eigenvalue weighted by Gasteiger charge is -2.25. The molecule has 0 aromatic heterocycles. The Kier molecular flexibility index (Phi) is 5.16. The topological polar surface area (TPSA) is 61.4 Å². The molecule has 27 heavy (non-hydrogen) atoms. The standard InChI is InChI=1S/C21H22BrN3O2/c22-15-4-3-5-16(10-15)25-9-8-14(13-25)12-23-21(27)18-11-20(26)24-19-7-2-1-6-17(18)19/h1-7,10,14,18H,8-9,11-13H2,(H,23,27)(H,24,26). The van der Waals surface area contributed by atoms with E-state index in [2.05, 4.69) is 43.6 Å². The maximum Gasteiger partial charge on any atom is 0.228 e. The number of fused-ring (bicyclic) bond motifs is 1. The fourth-order valence-electron chi connectivity index (χ4n) is 3.92. The molecule has 2 unspecified atom stereocenters. The average Bonchev–Trinajstić information content (AvgIpc) is 3.14. The molecule has 2 atom stereocenters. The van der Waals surface area contributed by atoms with Gasteiger partial charge >= 0.3 is 0 Å². The number of carbonyl (C=O) groups excluding carboxylic acids is 2. The van der Waals surface area contributed by atoms with Gasteiger partial charge in [0.25, 0.3) is 0 Å². The van der Waals surface area contributed by atoms with E-state index in [1.807, 2.05) is 36.4 Å². The molecule has 6 heteroatoms. The van der Waals surface area contributed by atoms with Gasteiger partial charge in [-0.25, -0.2) is 0 Å². The van der Waals surface area contributed by atoms with Crippen LogP contribution in [-0.2, 0) is 9.59 Å². The minimum atomic E-state index is -0.405. The minimum Gasteiger partial charge on any atom is -0.371 e. The molecule has 2 N–H and O–H groups in total. The Labute approximate surface area is 167 Å². The van der Waals surface area contributed by atoms with Crippen LogP contribution in [0.25, 0.3) is 0 Å². The predicted molar refractivity (Wildman–Crippen MR) is 110 cm³/mol. The van der Waals surface area contributed by atoms with Gasteiger partial charge in [0, 0.05) is 41.9 Å². The van der Waals surface area contributed by atoms with E-state index in [4.69, 9.17) is 0 Å². The van der Waals surface area contributed by atoms with Crippen molar-refractivity contribution >= 4 is 39.1 Å². The van der Waals surface area contributed by atoms with Crippen LogP contribution in [0.3, 0.4) is 0 Å². The van der Waals surface area contributed by atoms with Gasteiger partial charge in [-0.15, -0.1) is 0 Å². The van der Waals surface area contributed by atoms with Crippen molar-refractivity contribution in [2.75, 3.05) is 29.9 Å². The summed E-state index contributed by atoms with van der Waals surface area (Å²) in [4.78, 5) is 27.0. The third-order valence-electron chi connectivity index (χ3n) is 5.34. The lowest BCUT2D eigenvalue weighted by molar-refractivity contribution is -0.126. The van der Waals surface area contributed by atoms with Gasteiger partial charge in [-0.05, 0) is 42.2 Å². The number of amides is 2. The second kappa shape index (κ2) is 7.72. The van der Waals surface area contributed by atoms with E-state index in [1.54, 1.807) is 0 Å². The fraction of sp³-hybridized carbons (Fsp3) is 0.333. The number of nitrogens with zero attached hydrogens (tertiary/aromatic N) is 1. The number of benzene rings is 2. The van der Waals surface area contributed by atoms with Crippen molar-refractivity contribution in [3.8, 4) is 0 Å². The van der Waals surface area contributed by atoms with Crippen molar-refractivity contribution in [3.05, 3.63) is 58.6 Å². The van der Waals surface area contributed by atoms with Crippen LogP contribution in [0.15, 0.2) is 53.0 Å². The van der Waals surface area contributed by atoms with Gasteiger partial charge in [-0.1, -0.05) is 40.2 Å². The summed E-state index contributed by atoms with van der Waals surface area (Å²) in [5.74, 6) is -0.146. The van der Waals surface area contributed by atoms with Gasteiger partial charge in [-0.2, -0.15) is 0 Å². The first kappa shape index (κ1) is 18.0. The Bertz CT molecular complexity index is 870. The molecule has 2 aromatic rings. The third-order valence-corrected chi connectivity index (χ3v) is 5.83. The summed E-state index contributed by atoms with van der Waals surface area (Å²) in [6.07, 6.45) is 1.26. The predicted octanol–water partition coefficient (Wildman–Crippen LogP) is 3.52. The molecule has 0 saturated carbocycles. The van der Waals surface area contributed by atoms with Gasteiger partial charge in [-0.3, -0.25) is 9.59 Å². The normalized spacial score (nSPS) is 21.5. The fourth-order valence-corrected chi connectivity index (χ4v) is 4.31. The molecular weight excluding hydrogens is 406 g/mol. The minimum absolute atomic E-state index is 0.0572. The van der Waals surface area contributed by atoms with Gasteiger partial charge in [0.05, 0.1) is 5.92 Å². The maximum absolute atomic E-state index is 12.7. The SMILES string of the molecule is O=C1CC(C(=O)NCC2CCN(c3cccc(Br)c3)C2)c2ccccc2N1. The highest BCUT2D eigenvalue weighted by Crippen LogP contribution is 2.32. The van der Waals surface area contributed by atoms with E-state index in [9.17, 15) is 9.59 Å². The molecule has 2 aliphatic heterocycles. The number of rotatable bonds is 4. The Morgan fingerprint density at radius 1 is 1.22 bits per heavy atom. The summed E-state index contributed by atoms with van der Waals surface area (Å²) in [7, 11) is 0. The van der Waals surface area contributed by atoms with E-state index < -0.39 is 5.92 Å². The van der Waals surface area contributed by atoms with Crippen LogP contribution < -0.4 is 15.5 Å². The molecule has 5 nitrogen and oxygen atoms in total. The van der Waals surface area contributed by atoms with Crippen LogP contribution in [0.5, 0.6) is 0 Å². The Balaban J connectivity index is 1.36. The van der Waals surface area contributed by atoms with E-state index in [0.29, 0.717) is 12.5 Å². The zero-order valence-corrected chi connectivity index (χ0v) is 16.5. The lowest BCUT2D eigenvalue weighted by atomic mass is 9.89. The van der Waals surface area contributed by atoms with Crippen LogP contribution in [0.1, 0.15) is 24.3 Å². The highest BCUT2D eigenvalue weighted by Gasteiger charge is 2.31. The summed E-state index contributed by atoms with van der Waals surface area (Å²) in [5.41, 5.74) is 2.85. The number of halogens is 1. The van der Waals surface area contributed by atoms with Crippen LogP contribution in [-0.4, -0.2) is 31.4 Å². The summed E-state index contributed by atoms with van der Waals surface area (Å²) in [6, 6.07) is 15.8. The van der Waals surface area contributed by atoms with Crippen LogP contribution in [0.2, 0.25) is 0 Å². The molecule has 1 saturated heterocycles. The van der Waals surface area contributed by atoms with E-state index in [1.165, 1.54) is 5.69 Å². The number of carbonyl (C=O) groups is 2. The Morgan fingerprint density at radius 3 is 2.93 bits per heavy atom. The van der Waals surface area contributed by atoms with E-state index >= 15 is 0 Å².